The second-order valence-electron chi connectivity index (χ2n) is 12.5. The Balaban J connectivity index is 1.85. The molecule has 0 bridgehead atoms. The lowest BCUT2D eigenvalue weighted by Gasteiger charge is -2.20. The maximum Gasteiger partial charge on any atom is 0.416 e. The fraction of sp³-hybridized carbons (Fsp3) is 0.303. The van der Waals surface area contributed by atoms with Gasteiger partial charge in [0.05, 0.1) is 11.1 Å². The summed E-state index contributed by atoms with van der Waals surface area (Å²) in [6.07, 6.45) is -7.04. The number of hydrogen-bond donors (Lipinski definition) is 0. The summed E-state index contributed by atoms with van der Waals surface area (Å²) < 4.78 is 83.6. The zero-order valence-electron chi connectivity index (χ0n) is 23.7. The van der Waals surface area contributed by atoms with Crippen molar-refractivity contribution in [3.8, 4) is 22.5 Å². The average molecular weight is 570 g/mol. The minimum Gasteiger partial charge on any atom is -0.194 e. The fourth-order valence-corrected chi connectivity index (χ4v) is 4.94. The molecule has 0 unspecified atom stereocenters. The first kappa shape index (κ1) is 28.7. The predicted molar refractivity (Wildman–Crippen MR) is 149 cm³/mol. The summed E-state index contributed by atoms with van der Waals surface area (Å²) in [7, 11) is 0. The molecule has 0 aliphatic carbocycles. The molecule has 3 heterocycles. The molecular weight excluding hydrogens is 538 g/mol. The van der Waals surface area contributed by atoms with Gasteiger partial charge in [0.2, 0.25) is 0 Å². The Hall–Kier alpha value is -3.81. The third-order valence-corrected chi connectivity index (χ3v) is 7.45. The monoisotopic (exact) mass is 569 g/mol. The maximum absolute atomic E-state index is 13.3. The SMILES string of the molecule is CC(C)(C)c1cc(-c2ccc(C(F)(F)F)cc2)n2c[n+]3c(-c4ccc(C(F)(F)F)cc4)cc(C(C)(C)C)cc3c2c1. The molecule has 0 saturated heterocycles. The molecule has 0 saturated carbocycles. The van der Waals surface area contributed by atoms with Crippen LogP contribution < -0.4 is 4.40 Å². The lowest BCUT2D eigenvalue weighted by atomic mass is 9.85. The van der Waals surface area contributed by atoms with E-state index in [9.17, 15) is 26.3 Å². The molecule has 0 N–H and O–H groups in total. The van der Waals surface area contributed by atoms with Crippen LogP contribution in [-0.2, 0) is 23.2 Å². The van der Waals surface area contributed by atoms with Crippen LogP contribution in [0.25, 0.3) is 33.5 Å². The number of benzene rings is 2. The molecule has 2 nitrogen and oxygen atoms in total. The van der Waals surface area contributed by atoms with Crippen molar-refractivity contribution in [2.75, 3.05) is 0 Å². The lowest BCUT2D eigenvalue weighted by Crippen LogP contribution is -2.25. The topological polar surface area (TPSA) is 8.51 Å². The minimum atomic E-state index is -4.45. The van der Waals surface area contributed by atoms with E-state index in [-0.39, 0.29) is 10.8 Å². The second kappa shape index (κ2) is 9.36. The van der Waals surface area contributed by atoms with Crippen molar-refractivity contribution in [3.05, 3.63) is 101 Å². The molecule has 8 heteroatoms. The van der Waals surface area contributed by atoms with Crippen molar-refractivity contribution in [1.82, 2.24) is 4.40 Å². The number of halogens is 6. The third-order valence-electron chi connectivity index (χ3n) is 7.45. The van der Waals surface area contributed by atoms with Crippen LogP contribution in [0.15, 0.2) is 79.1 Å². The quantitative estimate of drug-likeness (QED) is 0.148. The van der Waals surface area contributed by atoms with Gasteiger partial charge in [-0.05, 0) is 70.5 Å². The molecule has 0 atom stereocenters. The van der Waals surface area contributed by atoms with Gasteiger partial charge in [0.1, 0.15) is 11.4 Å². The molecule has 0 aliphatic heterocycles. The number of alkyl halides is 6. The molecule has 0 spiro atoms. The van der Waals surface area contributed by atoms with Crippen LogP contribution in [0.5, 0.6) is 0 Å². The molecule has 0 radical (unpaired) electrons. The van der Waals surface area contributed by atoms with Gasteiger partial charge in [0.25, 0.3) is 6.33 Å². The Morgan fingerprint density at radius 2 is 1.00 bits per heavy atom. The molecular formula is C33H31F6N2+. The summed E-state index contributed by atoms with van der Waals surface area (Å²) in [5.41, 5.74) is 4.34. The van der Waals surface area contributed by atoms with Crippen molar-refractivity contribution >= 4 is 11.0 Å². The minimum absolute atomic E-state index is 0.262. The van der Waals surface area contributed by atoms with Gasteiger partial charge in [-0.2, -0.15) is 35.1 Å². The zero-order chi connectivity index (χ0) is 30.1. The summed E-state index contributed by atoms with van der Waals surface area (Å²) in [6.45, 7) is 12.4. The van der Waals surface area contributed by atoms with E-state index in [4.69, 9.17) is 0 Å². The van der Waals surface area contributed by atoms with Crippen LogP contribution in [0.3, 0.4) is 0 Å². The van der Waals surface area contributed by atoms with Gasteiger partial charge < -0.3 is 0 Å². The van der Waals surface area contributed by atoms with Gasteiger partial charge >= 0.3 is 12.4 Å². The number of fused-ring (bicyclic) bond motifs is 3. The Morgan fingerprint density at radius 3 is 1.46 bits per heavy atom. The molecule has 5 rings (SSSR count). The Morgan fingerprint density at radius 1 is 0.537 bits per heavy atom. The molecule has 2 aromatic carbocycles. The normalized spacial score (nSPS) is 13.4. The zero-order valence-corrected chi connectivity index (χ0v) is 23.7. The maximum atomic E-state index is 13.3. The van der Waals surface area contributed by atoms with Gasteiger partial charge in [-0.1, -0.05) is 65.8 Å². The number of nitrogens with zero attached hydrogens (tertiary/aromatic N) is 2. The summed E-state index contributed by atoms with van der Waals surface area (Å²) in [4.78, 5) is 0. The summed E-state index contributed by atoms with van der Waals surface area (Å²) in [5, 5.41) is 0. The van der Waals surface area contributed by atoms with Crippen LogP contribution in [0, 0.1) is 0 Å². The Bertz CT molecular complexity index is 1610. The third kappa shape index (κ3) is 5.44. The Labute approximate surface area is 234 Å². The molecule has 0 aliphatic rings. The highest BCUT2D eigenvalue weighted by atomic mass is 19.4. The molecule has 41 heavy (non-hydrogen) atoms. The molecule has 214 valence electrons. The first-order valence-electron chi connectivity index (χ1n) is 13.2. The predicted octanol–water partition coefficient (Wildman–Crippen LogP) is 9.64. The van der Waals surface area contributed by atoms with Crippen molar-refractivity contribution in [2.24, 2.45) is 0 Å². The van der Waals surface area contributed by atoms with Gasteiger partial charge in [0.15, 0.2) is 11.0 Å². The summed E-state index contributed by atoms with van der Waals surface area (Å²) in [5.74, 6) is 0. The standard InChI is InChI=1S/C33H31F6N2/c1-30(2,3)24-15-26(20-7-11-22(12-8-20)32(34,35)36)40-19-41-27(21-9-13-23(14-10-21)33(37,38)39)16-25(31(4,5)6)18-29(41)28(40)17-24/h7-19H,1-6H3/q+1. The smallest absolute Gasteiger partial charge is 0.194 e. The second-order valence-corrected chi connectivity index (χ2v) is 12.5. The van der Waals surface area contributed by atoms with Gasteiger partial charge in [-0.3, -0.25) is 0 Å². The average Bonchev–Trinajstić information content (AvgIpc) is 3.24. The highest BCUT2D eigenvalue weighted by molar-refractivity contribution is 5.79. The van der Waals surface area contributed by atoms with Crippen LogP contribution in [-0.4, -0.2) is 4.40 Å². The first-order chi connectivity index (χ1) is 18.8. The van der Waals surface area contributed by atoms with Crippen molar-refractivity contribution in [1.29, 1.82) is 0 Å². The number of hydrogen-bond acceptors (Lipinski definition) is 0. The van der Waals surface area contributed by atoms with Crippen molar-refractivity contribution in [2.45, 2.75) is 64.7 Å². The van der Waals surface area contributed by atoms with Gasteiger partial charge in [0, 0.05) is 11.1 Å². The van der Waals surface area contributed by atoms with E-state index in [0.29, 0.717) is 22.5 Å². The van der Waals surface area contributed by atoms with Crippen molar-refractivity contribution < 1.29 is 30.7 Å². The van der Waals surface area contributed by atoms with Gasteiger partial charge in [-0.15, -0.1) is 0 Å². The van der Waals surface area contributed by atoms with E-state index in [1.165, 1.54) is 24.3 Å². The van der Waals surface area contributed by atoms with E-state index in [1.54, 1.807) is 0 Å². The number of aromatic nitrogens is 2. The summed E-state index contributed by atoms with van der Waals surface area (Å²) >= 11 is 0. The largest absolute Gasteiger partial charge is 0.416 e. The highest BCUT2D eigenvalue weighted by Gasteiger charge is 2.32. The van der Waals surface area contributed by atoms with Crippen LogP contribution in [0.1, 0.15) is 63.8 Å². The van der Waals surface area contributed by atoms with Gasteiger partial charge in [-0.25, -0.2) is 0 Å². The highest BCUT2D eigenvalue weighted by Crippen LogP contribution is 2.36. The van der Waals surface area contributed by atoms with E-state index in [2.05, 4.69) is 53.7 Å². The number of imidazole rings is 1. The lowest BCUT2D eigenvalue weighted by molar-refractivity contribution is -0.499. The van der Waals surface area contributed by atoms with E-state index in [1.807, 2.05) is 27.3 Å². The van der Waals surface area contributed by atoms with Crippen LogP contribution >= 0.6 is 0 Å². The first-order valence-corrected chi connectivity index (χ1v) is 13.2. The molecule has 3 aromatic heterocycles. The van der Waals surface area contributed by atoms with Crippen molar-refractivity contribution in [3.63, 3.8) is 0 Å². The van der Waals surface area contributed by atoms with E-state index in [0.717, 1.165) is 46.4 Å². The fourth-order valence-electron chi connectivity index (χ4n) is 4.94. The van der Waals surface area contributed by atoms with Crippen LogP contribution in [0.2, 0.25) is 0 Å². The number of rotatable bonds is 2. The van der Waals surface area contributed by atoms with E-state index < -0.39 is 23.5 Å². The molecule has 5 aromatic rings. The molecule has 0 fully saturated rings. The Kier molecular flexibility index (Phi) is 6.56. The summed E-state index contributed by atoms with van der Waals surface area (Å²) in [6, 6.07) is 18.3. The van der Waals surface area contributed by atoms with Crippen LogP contribution in [0.4, 0.5) is 26.3 Å². The molecule has 0 amide bonds. The van der Waals surface area contributed by atoms with E-state index >= 15 is 0 Å². The number of pyridine rings is 2.